The van der Waals surface area contributed by atoms with Gasteiger partial charge in [0.2, 0.25) is 0 Å². The topological polar surface area (TPSA) is 57.5 Å². The normalized spacial score (nSPS) is 15.0. The van der Waals surface area contributed by atoms with Crippen LogP contribution in [0, 0.1) is 0 Å². The zero-order valence-corrected chi connectivity index (χ0v) is 13.3. The second-order valence-corrected chi connectivity index (χ2v) is 5.84. The Kier molecular flexibility index (Phi) is 5.19. The molecule has 1 aromatic carbocycles. The van der Waals surface area contributed by atoms with E-state index in [4.69, 9.17) is 4.42 Å². The highest BCUT2D eigenvalue weighted by atomic mass is 16.3. The van der Waals surface area contributed by atoms with E-state index in [2.05, 4.69) is 10.6 Å². The van der Waals surface area contributed by atoms with Gasteiger partial charge in [-0.05, 0) is 49.2 Å². The molecule has 122 valence electrons. The summed E-state index contributed by atoms with van der Waals surface area (Å²) in [4.78, 5) is 14.2. The molecule has 0 radical (unpaired) electrons. The number of nitrogens with zero attached hydrogens (tertiary/aromatic N) is 1. The van der Waals surface area contributed by atoms with Crippen molar-refractivity contribution in [1.29, 1.82) is 0 Å². The zero-order chi connectivity index (χ0) is 15.9. The van der Waals surface area contributed by atoms with Gasteiger partial charge in [-0.3, -0.25) is 0 Å². The molecule has 1 saturated heterocycles. The summed E-state index contributed by atoms with van der Waals surface area (Å²) in [6.45, 7) is 2.36. The number of hydrogen-bond donors (Lipinski definition) is 2. The van der Waals surface area contributed by atoms with Crippen molar-refractivity contribution in [3.63, 3.8) is 0 Å². The molecule has 2 aromatic rings. The molecule has 0 bridgehead atoms. The van der Waals surface area contributed by atoms with Crippen molar-refractivity contribution in [2.45, 2.75) is 32.2 Å². The Morgan fingerprint density at radius 3 is 2.35 bits per heavy atom. The Hall–Kier alpha value is -2.43. The Labute approximate surface area is 136 Å². The van der Waals surface area contributed by atoms with Crippen molar-refractivity contribution in [3.8, 4) is 0 Å². The fraction of sp³-hybridized carbons (Fsp3) is 0.389. The third-order valence-electron chi connectivity index (χ3n) is 4.08. The number of hydrogen-bond acceptors (Lipinski definition) is 3. The van der Waals surface area contributed by atoms with Crippen molar-refractivity contribution in [1.82, 2.24) is 4.90 Å². The molecule has 0 unspecified atom stereocenters. The van der Waals surface area contributed by atoms with Gasteiger partial charge in [0.25, 0.3) is 0 Å². The van der Waals surface area contributed by atoms with Gasteiger partial charge in [0.15, 0.2) is 0 Å². The van der Waals surface area contributed by atoms with E-state index in [1.807, 2.05) is 41.3 Å². The lowest BCUT2D eigenvalue weighted by Gasteiger charge is -2.20. The summed E-state index contributed by atoms with van der Waals surface area (Å²) < 4.78 is 5.28. The number of furan rings is 1. The maximum Gasteiger partial charge on any atom is 0.321 e. The van der Waals surface area contributed by atoms with E-state index >= 15 is 0 Å². The summed E-state index contributed by atoms with van der Waals surface area (Å²) in [6, 6.07) is 11.6. The SMILES string of the molecule is O=C(Nc1ccc(NCc2ccco2)cc1)N1CCCCCC1. The van der Waals surface area contributed by atoms with Gasteiger partial charge in [-0.15, -0.1) is 0 Å². The first-order valence-electron chi connectivity index (χ1n) is 8.23. The molecule has 2 amide bonds. The van der Waals surface area contributed by atoms with Crippen molar-refractivity contribution < 1.29 is 9.21 Å². The summed E-state index contributed by atoms with van der Waals surface area (Å²) in [5, 5.41) is 6.26. The van der Waals surface area contributed by atoms with Crippen LogP contribution in [0.1, 0.15) is 31.4 Å². The van der Waals surface area contributed by atoms with Crippen molar-refractivity contribution >= 4 is 17.4 Å². The molecule has 0 aliphatic carbocycles. The number of benzene rings is 1. The first kappa shape index (κ1) is 15.5. The minimum Gasteiger partial charge on any atom is -0.467 e. The first-order valence-corrected chi connectivity index (χ1v) is 8.23. The molecule has 1 aliphatic heterocycles. The third-order valence-corrected chi connectivity index (χ3v) is 4.08. The van der Waals surface area contributed by atoms with Crippen molar-refractivity contribution in [2.75, 3.05) is 23.7 Å². The summed E-state index contributed by atoms with van der Waals surface area (Å²) in [5.41, 5.74) is 1.82. The third kappa shape index (κ3) is 4.52. The molecule has 5 nitrogen and oxygen atoms in total. The highest BCUT2D eigenvalue weighted by molar-refractivity contribution is 5.89. The highest BCUT2D eigenvalue weighted by Crippen LogP contribution is 2.16. The largest absolute Gasteiger partial charge is 0.467 e. The fourth-order valence-electron chi connectivity index (χ4n) is 2.75. The number of likely N-dealkylation sites (tertiary alicyclic amines) is 1. The lowest BCUT2D eigenvalue weighted by molar-refractivity contribution is 0.214. The van der Waals surface area contributed by atoms with Crippen LogP contribution in [0.15, 0.2) is 47.1 Å². The number of amides is 2. The number of urea groups is 1. The predicted octanol–water partition coefficient (Wildman–Crippen LogP) is 4.30. The summed E-state index contributed by atoms with van der Waals surface area (Å²) in [7, 11) is 0. The van der Waals surface area contributed by atoms with E-state index < -0.39 is 0 Å². The lowest BCUT2D eigenvalue weighted by atomic mass is 10.2. The minimum absolute atomic E-state index is 0.00296. The maximum absolute atomic E-state index is 12.3. The number of rotatable bonds is 4. The minimum atomic E-state index is 0.00296. The van der Waals surface area contributed by atoms with Gasteiger partial charge >= 0.3 is 6.03 Å². The van der Waals surface area contributed by atoms with Crippen LogP contribution < -0.4 is 10.6 Å². The molecule has 2 N–H and O–H groups in total. The smallest absolute Gasteiger partial charge is 0.321 e. The fourth-order valence-corrected chi connectivity index (χ4v) is 2.75. The van der Waals surface area contributed by atoms with Gasteiger partial charge in [-0.1, -0.05) is 12.8 Å². The molecule has 5 heteroatoms. The van der Waals surface area contributed by atoms with Crippen LogP contribution in [0.3, 0.4) is 0 Å². The van der Waals surface area contributed by atoms with Gasteiger partial charge < -0.3 is 20.0 Å². The van der Waals surface area contributed by atoms with Crippen LogP contribution in [0.4, 0.5) is 16.2 Å². The molecule has 3 rings (SSSR count). The Bertz CT molecular complexity index is 600. The van der Waals surface area contributed by atoms with E-state index in [1.165, 1.54) is 12.8 Å². The molecule has 0 saturated carbocycles. The predicted molar refractivity (Wildman–Crippen MR) is 91.5 cm³/mol. The molecule has 1 fully saturated rings. The number of carbonyl (C=O) groups is 1. The van der Waals surface area contributed by atoms with Gasteiger partial charge in [-0.2, -0.15) is 0 Å². The van der Waals surface area contributed by atoms with Gasteiger partial charge in [0, 0.05) is 24.5 Å². The number of anilines is 2. The summed E-state index contributed by atoms with van der Waals surface area (Å²) >= 11 is 0. The maximum atomic E-state index is 12.3. The monoisotopic (exact) mass is 313 g/mol. The molecule has 0 atom stereocenters. The Balaban J connectivity index is 1.51. The van der Waals surface area contributed by atoms with Crippen molar-refractivity contribution in [2.24, 2.45) is 0 Å². The van der Waals surface area contributed by atoms with E-state index in [0.717, 1.165) is 43.1 Å². The van der Waals surface area contributed by atoms with Gasteiger partial charge in [-0.25, -0.2) is 4.79 Å². The van der Waals surface area contributed by atoms with E-state index in [9.17, 15) is 4.79 Å². The summed E-state index contributed by atoms with van der Waals surface area (Å²) in [5.74, 6) is 0.892. The Morgan fingerprint density at radius 1 is 1.00 bits per heavy atom. The Morgan fingerprint density at radius 2 is 1.70 bits per heavy atom. The molecule has 1 aliphatic rings. The average Bonchev–Trinajstić information content (AvgIpc) is 2.94. The molecule has 1 aromatic heterocycles. The second-order valence-electron chi connectivity index (χ2n) is 5.84. The highest BCUT2D eigenvalue weighted by Gasteiger charge is 2.15. The van der Waals surface area contributed by atoms with Crippen LogP contribution in [0.25, 0.3) is 0 Å². The van der Waals surface area contributed by atoms with Crippen LogP contribution in [-0.2, 0) is 6.54 Å². The second kappa shape index (κ2) is 7.72. The molecular formula is C18H23N3O2. The molecule has 23 heavy (non-hydrogen) atoms. The average molecular weight is 313 g/mol. The molecular weight excluding hydrogens is 290 g/mol. The van der Waals surface area contributed by atoms with Crippen LogP contribution >= 0.6 is 0 Å². The summed E-state index contributed by atoms with van der Waals surface area (Å²) in [6.07, 6.45) is 6.31. The van der Waals surface area contributed by atoms with Gasteiger partial charge in [0.1, 0.15) is 5.76 Å². The quantitative estimate of drug-likeness (QED) is 0.885. The number of nitrogens with one attached hydrogen (secondary N) is 2. The molecule has 2 heterocycles. The number of carbonyl (C=O) groups excluding carboxylic acids is 1. The first-order chi connectivity index (χ1) is 11.3. The lowest BCUT2D eigenvalue weighted by Crippen LogP contribution is -2.35. The van der Waals surface area contributed by atoms with E-state index in [1.54, 1.807) is 6.26 Å². The molecule has 0 spiro atoms. The van der Waals surface area contributed by atoms with Gasteiger partial charge in [0.05, 0.1) is 12.8 Å². The van der Waals surface area contributed by atoms with E-state index in [-0.39, 0.29) is 6.03 Å². The standard InChI is InChI=1S/C18H23N3O2/c22-18(21-11-3-1-2-4-12-21)20-16-9-7-15(8-10-16)19-14-17-6-5-13-23-17/h5-10,13,19H,1-4,11-12,14H2,(H,20,22). The van der Waals surface area contributed by atoms with E-state index in [0.29, 0.717) is 6.54 Å². The van der Waals surface area contributed by atoms with Crippen LogP contribution in [0.5, 0.6) is 0 Å². The van der Waals surface area contributed by atoms with Crippen LogP contribution in [-0.4, -0.2) is 24.0 Å². The zero-order valence-electron chi connectivity index (χ0n) is 13.3. The van der Waals surface area contributed by atoms with Crippen molar-refractivity contribution in [3.05, 3.63) is 48.4 Å². The van der Waals surface area contributed by atoms with Crippen LogP contribution in [0.2, 0.25) is 0 Å².